The molecule has 0 atom stereocenters. The zero-order chi connectivity index (χ0) is 13.4. The van der Waals surface area contributed by atoms with Crippen molar-refractivity contribution in [3.8, 4) is 0 Å². The van der Waals surface area contributed by atoms with Gasteiger partial charge in [-0.15, -0.1) is 11.3 Å². The second-order valence-electron chi connectivity index (χ2n) is 4.54. The van der Waals surface area contributed by atoms with Gasteiger partial charge in [-0.05, 0) is 35.0 Å². The van der Waals surface area contributed by atoms with Gasteiger partial charge in [-0.25, -0.2) is 4.79 Å². The van der Waals surface area contributed by atoms with E-state index in [1.165, 1.54) is 9.60 Å². The average molecular weight is 276 g/mol. The number of amides is 2. The van der Waals surface area contributed by atoms with Crippen molar-refractivity contribution in [1.82, 2.24) is 4.90 Å². The topological polar surface area (TPSA) is 69.6 Å². The molecule has 1 fully saturated rings. The monoisotopic (exact) mass is 276 g/mol. The number of carbonyl (C=O) groups is 2. The zero-order valence-electron chi connectivity index (χ0n) is 10.00. The Morgan fingerprint density at radius 1 is 1.32 bits per heavy atom. The minimum absolute atomic E-state index is 0.243. The molecular formula is C13H12N2O3S. The quantitative estimate of drug-likeness (QED) is 0.885. The van der Waals surface area contributed by atoms with E-state index in [0.29, 0.717) is 0 Å². The first-order valence-electron chi connectivity index (χ1n) is 5.89. The Bertz CT molecular complexity index is 646. The van der Waals surface area contributed by atoms with Crippen LogP contribution in [-0.2, 0) is 4.79 Å². The molecule has 1 saturated heterocycles. The summed E-state index contributed by atoms with van der Waals surface area (Å²) in [6, 6.07) is 7.49. The van der Waals surface area contributed by atoms with Gasteiger partial charge in [0.1, 0.15) is 0 Å². The molecule has 3 rings (SSSR count). The summed E-state index contributed by atoms with van der Waals surface area (Å²) in [6.07, 6.45) is 0. The van der Waals surface area contributed by atoms with Crippen LogP contribution in [0.5, 0.6) is 0 Å². The van der Waals surface area contributed by atoms with Crippen molar-refractivity contribution in [1.29, 1.82) is 0 Å². The minimum Gasteiger partial charge on any atom is -0.481 e. The number of anilines is 1. The molecule has 19 heavy (non-hydrogen) atoms. The maximum atomic E-state index is 11.9. The molecule has 5 nitrogen and oxygen atoms in total. The number of rotatable bonds is 2. The van der Waals surface area contributed by atoms with Crippen LogP contribution in [0.1, 0.15) is 0 Å². The van der Waals surface area contributed by atoms with Gasteiger partial charge >= 0.3 is 12.0 Å². The maximum Gasteiger partial charge on any atom is 0.321 e. The Morgan fingerprint density at radius 3 is 2.84 bits per heavy atom. The van der Waals surface area contributed by atoms with Crippen LogP contribution in [0.3, 0.4) is 0 Å². The number of aliphatic carboxylic acids is 1. The summed E-state index contributed by atoms with van der Waals surface area (Å²) in [5.41, 5.74) is 0.731. The Labute approximate surface area is 113 Å². The van der Waals surface area contributed by atoms with E-state index in [1.807, 2.05) is 29.6 Å². The van der Waals surface area contributed by atoms with Crippen LogP contribution in [-0.4, -0.2) is 35.1 Å². The molecular weight excluding hydrogens is 264 g/mol. The molecule has 0 aliphatic carbocycles. The summed E-state index contributed by atoms with van der Waals surface area (Å²) in [5.74, 6) is -1.27. The fourth-order valence-corrected chi connectivity index (χ4v) is 2.82. The number of hydrogen-bond acceptors (Lipinski definition) is 3. The van der Waals surface area contributed by atoms with Crippen molar-refractivity contribution in [2.75, 3.05) is 18.4 Å². The normalized spacial score (nSPS) is 15.3. The summed E-state index contributed by atoms with van der Waals surface area (Å²) < 4.78 is 1.17. The Kier molecular flexibility index (Phi) is 2.87. The van der Waals surface area contributed by atoms with Crippen molar-refractivity contribution in [3.05, 3.63) is 29.6 Å². The second kappa shape index (κ2) is 4.55. The van der Waals surface area contributed by atoms with Gasteiger partial charge in [0.25, 0.3) is 0 Å². The summed E-state index contributed by atoms with van der Waals surface area (Å²) in [7, 11) is 0. The lowest BCUT2D eigenvalue weighted by Gasteiger charge is -2.36. The fourth-order valence-electron chi connectivity index (χ4n) is 2.05. The predicted molar refractivity (Wildman–Crippen MR) is 73.5 cm³/mol. The van der Waals surface area contributed by atoms with Crippen LogP contribution in [0.4, 0.5) is 10.5 Å². The highest BCUT2D eigenvalue weighted by Crippen LogP contribution is 2.24. The second-order valence-corrected chi connectivity index (χ2v) is 5.49. The molecule has 0 unspecified atom stereocenters. The van der Waals surface area contributed by atoms with Gasteiger partial charge in [-0.1, -0.05) is 0 Å². The third kappa shape index (κ3) is 2.26. The van der Waals surface area contributed by atoms with Gasteiger partial charge in [0.15, 0.2) is 0 Å². The van der Waals surface area contributed by atoms with Crippen LogP contribution in [0, 0.1) is 5.92 Å². The molecule has 0 saturated carbocycles. The average Bonchev–Trinajstić information content (AvgIpc) is 2.73. The molecule has 0 spiro atoms. The van der Waals surface area contributed by atoms with E-state index >= 15 is 0 Å². The van der Waals surface area contributed by atoms with Crippen LogP contribution in [0.25, 0.3) is 10.1 Å². The number of hydrogen-bond donors (Lipinski definition) is 2. The lowest BCUT2D eigenvalue weighted by Crippen LogP contribution is -2.54. The number of benzene rings is 1. The minimum atomic E-state index is -0.844. The van der Waals surface area contributed by atoms with E-state index < -0.39 is 11.9 Å². The van der Waals surface area contributed by atoms with Crippen molar-refractivity contribution < 1.29 is 14.7 Å². The molecule has 1 aromatic heterocycles. The summed E-state index contributed by atoms with van der Waals surface area (Å²) in [4.78, 5) is 24.0. The number of nitrogens with one attached hydrogen (secondary N) is 1. The Hall–Kier alpha value is -2.08. The first-order chi connectivity index (χ1) is 9.13. The van der Waals surface area contributed by atoms with Crippen LogP contribution in [0.15, 0.2) is 29.6 Å². The molecule has 6 heteroatoms. The lowest BCUT2D eigenvalue weighted by molar-refractivity contribution is -0.145. The lowest BCUT2D eigenvalue weighted by atomic mass is 10.0. The van der Waals surface area contributed by atoms with Gasteiger partial charge < -0.3 is 15.3 Å². The fraction of sp³-hybridized carbons (Fsp3) is 0.231. The Morgan fingerprint density at radius 2 is 2.11 bits per heavy atom. The van der Waals surface area contributed by atoms with Crippen molar-refractivity contribution in [3.63, 3.8) is 0 Å². The SMILES string of the molecule is O=C(O)C1CN(C(=O)Nc2ccc3sccc3c2)C1. The molecule has 2 heterocycles. The standard InChI is InChI=1S/C13H12N2O3S/c16-12(17)9-6-15(7-9)13(18)14-10-1-2-11-8(5-10)3-4-19-11/h1-5,9H,6-7H2,(H,14,18)(H,16,17). The van der Waals surface area contributed by atoms with E-state index in [4.69, 9.17) is 5.11 Å². The Balaban J connectivity index is 1.65. The molecule has 1 aliphatic heterocycles. The number of urea groups is 1. The van der Waals surface area contributed by atoms with Crippen LogP contribution >= 0.6 is 11.3 Å². The molecule has 1 aromatic carbocycles. The van der Waals surface area contributed by atoms with Gasteiger partial charge in [0.05, 0.1) is 5.92 Å². The van der Waals surface area contributed by atoms with E-state index in [0.717, 1.165) is 11.1 Å². The number of carbonyl (C=O) groups excluding carboxylic acids is 1. The van der Waals surface area contributed by atoms with Gasteiger partial charge in [-0.2, -0.15) is 0 Å². The van der Waals surface area contributed by atoms with E-state index in [-0.39, 0.29) is 19.1 Å². The van der Waals surface area contributed by atoms with E-state index in [1.54, 1.807) is 11.3 Å². The van der Waals surface area contributed by atoms with Crippen molar-refractivity contribution in [2.24, 2.45) is 5.92 Å². The van der Waals surface area contributed by atoms with Gasteiger partial charge in [-0.3, -0.25) is 4.79 Å². The van der Waals surface area contributed by atoms with Gasteiger partial charge in [0.2, 0.25) is 0 Å². The predicted octanol–water partition coefficient (Wildman–Crippen LogP) is 2.45. The van der Waals surface area contributed by atoms with E-state index in [9.17, 15) is 9.59 Å². The van der Waals surface area contributed by atoms with Crippen molar-refractivity contribution >= 4 is 39.1 Å². The molecule has 0 radical (unpaired) electrons. The molecule has 98 valence electrons. The maximum absolute atomic E-state index is 11.9. The molecule has 2 N–H and O–H groups in total. The zero-order valence-corrected chi connectivity index (χ0v) is 10.8. The molecule has 2 amide bonds. The first kappa shape index (κ1) is 12.0. The summed E-state index contributed by atoms with van der Waals surface area (Å²) in [5, 5.41) is 14.6. The summed E-state index contributed by atoms with van der Waals surface area (Å²) in [6.45, 7) is 0.559. The highest BCUT2D eigenvalue weighted by Gasteiger charge is 2.35. The number of fused-ring (bicyclic) bond motifs is 1. The number of likely N-dealkylation sites (tertiary alicyclic amines) is 1. The largest absolute Gasteiger partial charge is 0.481 e. The smallest absolute Gasteiger partial charge is 0.321 e. The number of thiophene rings is 1. The number of nitrogens with zero attached hydrogens (tertiary/aromatic N) is 1. The number of carboxylic acids is 1. The van der Waals surface area contributed by atoms with Crippen LogP contribution in [0.2, 0.25) is 0 Å². The van der Waals surface area contributed by atoms with E-state index in [2.05, 4.69) is 5.32 Å². The highest BCUT2D eigenvalue weighted by atomic mass is 32.1. The molecule has 1 aliphatic rings. The third-order valence-electron chi connectivity index (χ3n) is 3.22. The highest BCUT2D eigenvalue weighted by molar-refractivity contribution is 7.17. The first-order valence-corrected chi connectivity index (χ1v) is 6.77. The van der Waals surface area contributed by atoms with Crippen molar-refractivity contribution in [2.45, 2.75) is 0 Å². The molecule has 2 aromatic rings. The number of carboxylic acid groups (broad SMARTS) is 1. The van der Waals surface area contributed by atoms with Crippen LogP contribution < -0.4 is 5.32 Å². The van der Waals surface area contributed by atoms with Gasteiger partial charge in [0, 0.05) is 23.5 Å². The third-order valence-corrected chi connectivity index (χ3v) is 4.12. The summed E-state index contributed by atoms with van der Waals surface area (Å²) >= 11 is 1.65. The molecule has 0 bridgehead atoms.